The highest BCUT2D eigenvalue weighted by atomic mass is 16.6. The van der Waals surface area contributed by atoms with Crippen LogP contribution in [0.2, 0.25) is 0 Å². The number of ether oxygens (including phenoxy) is 2. The highest BCUT2D eigenvalue weighted by Gasteiger charge is 2.21. The molecule has 146 valence electrons. The number of esters is 2. The van der Waals surface area contributed by atoms with Gasteiger partial charge in [-0.2, -0.15) is 0 Å². The fourth-order valence-electron chi connectivity index (χ4n) is 2.38. The number of benzene rings is 2. The summed E-state index contributed by atoms with van der Waals surface area (Å²) in [5.74, 6) is -1.06. The van der Waals surface area contributed by atoms with Crippen LogP contribution < -0.4 is 0 Å². The molecule has 0 aromatic heterocycles. The van der Waals surface area contributed by atoms with E-state index < -0.39 is 17.5 Å². The maximum absolute atomic E-state index is 12.7. The van der Waals surface area contributed by atoms with Gasteiger partial charge in [-0.1, -0.05) is 60.7 Å². The van der Waals surface area contributed by atoms with Gasteiger partial charge in [-0.25, -0.2) is 9.79 Å². The quantitative estimate of drug-likeness (QED) is 0.426. The summed E-state index contributed by atoms with van der Waals surface area (Å²) in [6, 6.07) is 19.1. The molecular weight excluding hydrogens is 354 g/mol. The zero-order valence-corrected chi connectivity index (χ0v) is 16.6. The van der Waals surface area contributed by atoms with Crippen LogP contribution in [0.3, 0.4) is 0 Å². The van der Waals surface area contributed by atoms with E-state index in [-0.39, 0.29) is 12.1 Å². The predicted molar refractivity (Wildman–Crippen MR) is 109 cm³/mol. The Bertz CT molecular complexity index is 821. The van der Waals surface area contributed by atoms with E-state index in [1.165, 1.54) is 13.2 Å². The van der Waals surface area contributed by atoms with Gasteiger partial charge in [0.2, 0.25) is 0 Å². The fraction of sp³-hybridized carbons (Fsp3) is 0.261. The lowest BCUT2D eigenvalue weighted by Gasteiger charge is -2.20. The molecule has 0 amide bonds. The second-order valence-electron chi connectivity index (χ2n) is 7.06. The molecule has 5 nitrogen and oxygen atoms in total. The van der Waals surface area contributed by atoms with E-state index >= 15 is 0 Å². The van der Waals surface area contributed by atoms with E-state index in [9.17, 15) is 9.59 Å². The molecule has 0 fully saturated rings. The number of hydrogen-bond donors (Lipinski definition) is 0. The van der Waals surface area contributed by atoms with Gasteiger partial charge in [0.05, 0.1) is 19.2 Å². The predicted octanol–water partition coefficient (Wildman–Crippen LogP) is 4.31. The van der Waals surface area contributed by atoms with E-state index in [0.29, 0.717) is 5.71 Å². The molecule has 0 aliphatic carbocycles. The Labute approximate surface area is 165 Å². The number of rotatable bonds is 6. The SMILES string of the molecule is COC(=O)C/C=C(/N=C(c1ccccc1)c1ccccc1)C(=O)OC(C)(C)C. The van der Waals surface area contributed by atoms with E-state index in [2.05, 4.69) is 9.73 Å². The van der Waals surface area contributed by atoms with Gasteiger partial charge in [0, 0.05) is 11.1 Å². The monoisotopic (exact) mass is 379 g/mol. The number of aliphatic imine (C=N–C) groups is 1. The maximum atomic E-state index is 12.7. The van der Waals surface area contributed by atoms with Crippen molar-refractivity contribution in [2.45, 2.75) is 32.8 Å². The Kier molecular flexibility index (Phi) is 7.27. The highest BCUT2D eigenvalue weighted by Crippen LogP contribution is 2.17. The van der Waals surface area contributed by atoms with Crippen molar-refractivity contribution in [2.75, 3.05) is 7.11 Å². The zero-order chi connectivity index (χ0) is 20.6. The molecule has 0 spiro atoms. The van der Waals surface area contributed by atoms with Crippen LogP contribution in [0.4, 0.5) is 0 Å². The second-order valence-corrected chi connectivity index (χ2v) is 7.06. The summed E-state index contributed by atoms with van der Waals surface area (Å²) in [5.41, 5.74) is 1.69. The van der Waals surface area contributed by atoms with Gasteiger partial charge in [0.25, 0.3) is 0 Å². The third-order valence-electron chi connectivity index (χ3n) is 3.62. The third-order valence-corrected chi connectivity index (χ3v) is 3.62. The molecule has 0 bridgehead atoms. The molecule has 2 rings (SSSR count). The molecule has 0 saturated heterocycles. The molecule has 2 aromatic rings. The normalized spacial score (nSPS) is 11.5. The molecule has 0 radical (unpaired) electrons. The third kappa shape index (κ3) is 6.50. The number of hydrogen-bond acceptors (Lipinski definition) is 5. The van der Waals surface area contributed by atoms with Crippen molar-refractivity contribution in [3.05, 3.63) is 83.6 Å². The highest BCUT2D eigenvalue weighted by molar-refractivity contribution is 6.14. The first-order valence-corrected chi connectivity index (χ1v) is 9.00. The van der Waals surface area contributed by atoms with Crippen molar-refractivity contribution < 1.29 is 19.1 Å². The standard InChI is InChI=1S/C23H25NO4/c1-23(2,3)28-22(26)19(15-16-20(25)27-4)24-21(17-11-7-5-8-12-17)18-13-9-6-10-14-18/h5-15H,16H2,1-4H3/b19-15+. The topological polar surface area (TPSA) is 65.0 Å². The molecular formula is C23H25NO4. The molecule has 5 heteroatoms. The molecule has 0 atom stereocenters. The van der Waals surface area contributed by atoms with Gasteiger partial charge in [0.1, 0.15) is 11.3 Å². The maximum Gasteiger partial charge on any atom is 0.357 e. The summed E-state index contributed by atoms with van der Waals surface area (Å²) >= 11 is 0. The summed E-state index contributed by atoms with van der Waals surface area (Å²) in [6.07, 6.45) is 1.36. The number of carbonyl (C=O) groups is 2. The van der Waals surface area contributed by atoms with Crippen molar-refractivity contribution in [1.29, 1.82) is 0 Å². The Hall–Kier alpha value is -3.21. The largest absolute Gasteiger partial charge is 0.469 e. The first kappa shape index (κ1) is 21.1. The van der Waals surface area contributed by atoms with Crippen molar-refractivity contribution in [3.63, 3.8) is 0 Å². The second kappa shape index (κ2) is 9.65. The van der Waals surface area contributed by atoms with Crippen LogP contribution in [0.5, 0.6) is 0 Å². The van der Waals surface area contributed by atoms with Crippen LogP contribution in [-0.4, -0.2) is 30.4 Å². The summed E-state index contributed by atoms with van der Waals surface area (Å²) in [7, 11) is 1.30. The first-order valence-electron chi connectivity index (χ1n) is 9.00. The summed E-state index contributed by atoms with van der Waals surface area (Å²) < 4.78 is 10.1. The van der Waals surface area contributed by atoms with Crippen LogP contribution in [0.25, 0.3) is 0 Å². The lowest BCUT2D eigenvalue weighted by molar-refractivity contribution is -0.149. The fourth-order valence-corrected chi connectivity index (χ4v) is 2.38. The van der Waals surface area contributed by atoms with Gasteiger partial charge in [0.15, 0.2) is 0 Å². The Morgan fingerprint density at radius 3 is 1.86 bits per heavy atom. The summed E-state index contributed by atoms with van der Waals surface area (Å²) in [5, 5.41) is 0. The molecule has 0 heterocycles. The van der Waals surface area contributed by atoms with E-state index in [4.69, 9.17) is 4.74 Å². The molecule has 0 aliphatic rings. The van der Waals surface area contributed by atoms with Crippen LogP contribution in [-0.2, 0) is 19.1 Å². The van der Waals surface area contributed by atoms with Gasteiger partial charge in [-0.15, -0.1) is 0 Å². The lowest BCUT2D eigenvalue weighted by atomic mass is 10.0. The van der Waals surface area contributed by atoms with E-state index in [1.54, 1.807) is 20.8 Å². The minimum atomic E-state index is -0.684. The molecule has 0 N–H and O–H groups in total. The Morgan fingerprint density at radius 1 is 0.929 bits per heavy atom. The van der Waals surface area contributed by atoms with Crippen molar-refractivity contribution in [2.24, 2.45) is 4.99 Å². The van der Waals surface area contributed by atoms with E-state index in [0.717, 1.165) is 11.1 Å². The summed E-state index contributed by atoms with van der Waals surface area (Å²) in [4.78, 5) is 28.9. The Morgan fingerprint density at radius 2 is 1.43 bits per heavy atom. The van der Waals surface area contributed by atoms with Crippen molar-refractivity contribution in [3.8, 4) is 0 Å². The van der Waals surface area contributed by atoms with Crippen LogP contribution in [0, 0.1) is 0 Å². The van der Waals surface area contributed by atoms with Gasteiger partial charge in [-0.05, 0) is 26.8 Å². The van der Waals surface area contributed by atoms with E-state index in [1.807, 2.05) is 60.7 Å². The van der Waals surface area contributed by atoms with Crippen molar-refractivity contribution >= 4 is 17.7 Å². The average Bonchev–Trinajstić information content (AvgIpc) is 2.67. The summed E-state index contributed by atoms with van der Waals surface area (Å²) in [6.45, 7) is 5.34. The lowest BCUT2D eigenvalue weighted by Crippen LogP contribution is -2.25. The van der Waals surface area contributed by atoms with Crippen LogP contribution >= 0.6 is 0 Å². The molecule has 0 unspecified atom stereocenters. The molecule has 2 aromatic carbocycles. The van der Waals surface area contributed by atoms with Crippen molar-refractivity contribution in [1.82, 2.24) is 0 Å². The van der Waals surface area contributed by atoms with Crippen LogP contribution in [0.15, 0.2) is 77.4 Å². The molecule has 28 heavy (non-hydrogen) atoms. The smallest absolute Gasteiger partial charge is 0.357 e. The minimum Gasteiger partial charge on any atom is -0.469 e. The number of nitrogens with zero attached hydrogens (tertiary/aromatic N) is 1. The van der Waals surface area contributed by atoms with Gasteiger partial charge in [-0.3, -0.25) is 4.79 Å². The zero-order valence-electron chi connectivity index (χ0n) is 16.6. The van der Waals surface area contributed by atoms with Gasteiger partial charge < -0.3 is 9.47 Å². The van der Waals surface area contributed by atoms with Gasteiger partial charge >= 0.3 is 11.9 Å². The Balaban J connectivity index is 2.54. The number of carbonyl (C=O) groups excluding carboxylic acids is 2. The minimum absolute atomic E-state index is 0.0584. The average molecular weight is 379 g/mol. The molecule has 0 aliphatic heterocycles. The number of methoxy groups -OCH3 is 1. The first-order chi connectivity index (χ1) is 13.3. The van der Waals surface area contributed by atoms with Crippen LogP contribution in [0.1, 0.15) is 38.3 Å². The molecule has 0 saturated carbocycles.